The highest BCUT2D eigenvalue weighted by molar-refractivity contribution is 5.98. The summed E-state index contributed by atoms with van der Waals surface area (Å²) in [5.74, 6) is 0.238. The predicted octanol–water partition coefficient (Wildman–Crippen LogP) is 4.50. The lowest BCUT2D eigenvalue weighted by Gasteiger charge is -2.07. The topological polar surface area (TPSA) is 17.1 Å². The molecule has 0 atom stereocenters. The van der Waals surface area contributed by atoms with E-state index in [0.29, 0.717) is 0 Å². The first-order valence-electron chi connectivity index (χ1n) is 6.29. The molecule has 2 rings (SSSR count). The Morgan fingerprint density at radius 1 is 0.944 bits per heavy atom. The Balaban J connectivity index is 2.42. The molecule has 0 heterocycles. The van der Waals surface area contributed by atoms with Crippen LogP contribution in [0.25, 0.3) is 11.1 Å². The van der Waals surface area contributed by atoms with Gasteiger partial charge in [-0.1, -0.05) is 61.9 Å². The number of rotatable bonds is 3. The summed E-state index contributed by atoms with van der Waals surface area (Å²) < 4.78 is 0. The predicted molar refractivity (Wildman–Crippen MR) is 75.8 cm³/mol. The zero-order chi connectivity index (χ0) is 13.1. The van der Waals surface area contributed by atoms with Crippen LogP contribution in [0.15, 0.2) is 48.5 Å². The highest BCUT2D eigenvalue weighted by Crippen LogP contribution is 2.22. The molecule has 0 saturated heterocycles. The van der Waals surface area contributed by atoms with Gasteiger partial charge in [-0.2, -0.15) is 0 Å². The van der Waals surface area contributed by atoms with Crippen molar-refractivity contribution in [1.82, 2.24) is 0 Å². The summed E-state index contributed by atoms with van der Waals surface area (Å²) in [6, 6.07) is 16.2. The van der Waals surface area contributed by atoms with E-state index >= 15 is 0 Å². The molecule has 0 amide bonds. The van der Waals surface area contributed by atoms with Crippen LogP contribution in [0.4, 0.5) is 0 Å². The van der Waals surface area contributed by atoms with Gasteiger partial charge in [-0.3, -0.25) is 4.79 Å². The van der Waals surface area contributed by atoms with E-state index < -0.39 is 0 Å². The van der Waals surface area contributed by atoms with Gasteiger partial charge in [0.15, 0.2) is 5.78 Å². The first kappa shape index (κ1) is 12.6. The summed E-state index contributed by atoms with van der Waals surface area (Å²) in [4.78, 5) is 12.0. The summed E-state index contributed by atoms with van der Waals surface area (Å²) in [7, 11) is 0. The molecule has 1 nitrogen and oxygen atoms in total. The minimum Gasteiger partial charge on any atom is -0.294 e. The average molecular weight is 238 g/mol. The second-order valence-electron chi connectivity index (χ2n) is 4.97. The minimum atomic E-state index is 0.0396. The summed E-state index contributed by atoms with van der Waals surface area (Å²) >= 11 is 0. The van der Waals surface area contributed by atoms with Crippen molar-refractivity contribution in [2.75, 3.05) is 0 Å². The fourth-order valence-corrected chi connectivity index (χ4v) is 2.01. The fraction of sp³-hybridized carbons (Fsp3) is 0.235. The lowest BCUT2D eigenvalue weighted by atomic mass is 9.96. The Kier molecular flexibility index (Phi) is 3.61. The van der Waals surface area contributed by atoms with Crippen LogP contribution in [-0.2, 0) is 0 Å². The molecule has 0 saturated carbocycles. The van der Waals surface area contributed by atoms with Gasteiger partial charge in [0.25, 0.3) is 0 Å². The molecule has 0 aromatic heterocycles. The van der Waals surface area contributed by atoms with Gasteiger partial charge in [0, 0.05) is 11.5 Å². The van der Waals surface area contributed by atoms with E-state index in [1.54, 1.807) is 0 Å². The third-order valence-corrected chi connectivity index (χ3v) is 3.02. The van der Waals surface area contributed by atoms with Crippen LogP contribution in [-0.4, -0.2) is 5.78 Å². The lowest BCUT2D eigenvalue weighted by Crippen LogP contribution is -2.07. The Morgan fingerprint density at radius 3 is 2.17 bits per heavy atom. The Bertz CT molecular complexity index is 567. The van der Waals surface area contributed by atoms with E-state index in [0.717, 1.165) is 16.7 Å². The number of hydrogen-bond donors (Lipinski definition) is 0. The quantitative estimate of drug-likeness (QED) is 0.719. The molecule has 0 spiro atoms. The first-order chi connectivity index (χ1) is 8.58. The van der Waals surface area contributed by atoms with Crippen molar-refractivity contribution < 1.29 is 4.79 Å². The Hall–Kier alpha value is -1.89. The summed E-state index contributed by atoms with van der Waals surface area (Å²) in [6.07, 6.45) is 0. The van der Waals surface area contributed by atoms with Gasteiger partial charge in [-0.15, -0.1) is 0 Å². The number of benzene rings is 2. The summed E-state index contributed by atoms with van der Waals surface area (Å²) in [5, 5.41) is 0. The molecule has 0 unspecified atom stereocenters. The third kappa shape index (κ3) is 2.67. The third-order valence-electron chi connectivity index (χ3n) is 3.02. The van der Waals surface area contributed by atoms with Crippen molar-refractivity contribution in [3.05, 3.63) is 59.7 Å². The second-order valence-corrected chi connectivity index (χ2v) is 4.97. The van der Waals surface area contributed by atoms with Crippen LogP contribution >= 0.6 is 0 Å². The molecule has 2 aromatic carbocycles. The molecule has 0 fully saturated rings. The molecule has 0 N–H and O–H groups in total. The van der Waals surface area contributed by atoms with Gasteiger partial charge in [0.2, 0.25) is 0 Å². The van der Waals surface area contributed by atoms with Crippen molar-refractivity contribution in [1.29, 1.82) is 0 Å². The van der Waals surface area contributed by atoms with E-state index in [9.17, 15) is 4.79 Å². The van der Waals surface area contributed by atoms with Gasteiger partial charge < -0.3 is 0 Å². The van der Waals surface area contributed by atoms with Crippen LogP contribution < -0.4 is 0 Å². The number of carbonyl (C=O) groups excluding carboxylic acids is 1. The van der Waals surface area contributed by atoms with Gasteiger partial charge >= 0.3 is 0 Å². The molecular weight excluding hydrogens is 220 g/mol. The maximum absolute atomic E-state index is 12.0. The number of ketones is 1. The van der Waals surface area contributed by atoms with Gasteiger partial charge in [0.1, 0.15) is 0 Å². The molecular formula is C17H18O. The van der Waals surface area contributed by atoms with E-state index in [1.165, 1.54) is 5.56 Å². The number of aryl methyl sites for hydroxylation is 1. The lowest BCUT2D eigenvalue weighted by molar-refractivity contribution is 0.0939. The number of carbonyl (C=O) groups is 1. The summed E-state index contributed by atoms with van der Waals surface area (Å²) in [6.45, 7) is 5.94. The average Bonchev–Trinajstić information content (AvgIpc) is 2.38. The van der Waals surface area contributed by atoms with Crippen molar-refractivity contribution in [2.24, 2.45) is 5.92 Å². The smallest absolute Gasteiger partial charge is 0.165 e. The van der Waals surface area contributed by atoms with Gasteiger partial charge in [-0.05, 0) is 24.1 Å². The summed E-state index contributed by atoms with van der Waals surface area (Å²) in [5.41, 5.74) is 4.29. The van der Waals surface area contributed by atoms with Crippen LogP contribution in [0.2, 0.25) is 0 Å². The molecule has 18 heavy (non-hydrogen) atoms. The van der Waals surface area contributed by atoms with Gasteiger partial charge in [-0.25, -0.2) is 0 Å². The first-order valence-corrected chi connectivity index (χ1v) is 6.29. The molecule has 0 aliphatic heterocycles. The standard InChI is InChI=1S/C17H18O/c1-12(2)17(18)16-9-5-8-15(11-16)14-7-4-6-13(3)10-14/h4-12H,1-3H3. The highest BCUT2D eigenvalue weighted by atomic mass is 16.1. The molecule has 0 aliphatic rings. The maximum atomic E-state index is 12.0. The van der Waals surface area contributed by atoms with Crippen molar-refractivity contribution >= 4 is 5.78 Å². The Labute approximate surface area is 108 Å². The SMILES string of the molecule is Cc1cccc(-c2cccc(C(=O)C(C)C)c2)c1. The minimum absolute atomic E-state index is 0.0396. The van der Waals surface area contributed by atoms with Crippen molar-refractivity contribution in [3.63, 3.8) is 0 Å². The molecule has 0 aliphatic carbocycles. The van der Waals surface area contributed by atoms with Crippen LogP contribution in [0.1, 0.15) is 29.8 Å². The molecule has 0 bridgehead atoms. The number of hydrogen-bond acceptors (Lipinski definition) is 1. The van der Waals surface area contributed by atoms with Crippen LogP contribution in [0.3, 0.4) is 0 Å². The van der Waals surface area contributed by atoms with Crippen LogP contribution in [0.5, 0.6) is 0 Å². The largest absolute Gasteiger partial charge is 0.294 e. The second kappa shape index (κ2) is 5.18. The molecule has 2 aromatic rings. The monoisotopic (exact) mass is 238 g/mol. The zero-order valence-corrected chi connectivity index (χ0v) is 11.1. The normalized spacial score (nSPS) is 10.7. The van der Waals surface area contributed by atoms with Gasteiger partial charge in [0.05, 0.1) is 0 Å². The van der Waals surface area contributed by atoms with Crippen molar-refractivity contribution in [3.8, 4) is 11.1 Å². The van der Waals surface area contributed by atoms with Crippen molar-refractivity contribution in [2.45, 2.75) is 20.8 Å². The maximum Gasteiger partial charge on any atom is 0.165 e. The van der Waals surface area contributed by atoms with E-state index in [1.807, 2.05) is 44.2 Å². The van der Waals surface area contributed by atoms with E-state index in [4.69, 9.17) is 0 Å². The highest BCUT2D eigenvalue weighted by Gasteiger charge is 2.10. The van der Waals surface area contributed by atoms with E-state index in [2.05, 4.69) is 25.1 Å². The molecule has 0 radical (unpaired) electrons. The number of Topliss-reactive ketones (excluding diaryl/α,β-unsaturated/α-hetero) is 1. The fourth-order valence-electron chi connectivity index (χ4n) is 2.01. The van der Waals surface area contributed by atoms with Crippen LogP contribution in [0, 0.1) is 12.8 Å². The molecule has 1 heteroatoms. The Morgan fingerprint density at radius 2 is 1.56 bits per heavy atom. The zero-order valence-electron chi connectivity index (χ0n) is 11.1. The van der Waals surface area contributed by atoms with E-state index in [-0.39, 0.29) is 11.7 Å². The molecule has 92 valence electrons.